The fraction of sp³-hybridized carbons (Fsp3) is 0.455. The van der Waals surface area contributed by atoms with Crippen molar-refractivity contribution in [1.82, 2.24) is 0 Å². The van der Waals surface area contributed by atoms with Gasteiger partial charge in [-0.25, -0.2) is 0 Å². The van der Waals surface area contributed by atoms with Gasteiger partial charge in [-0.1, -0.05) is 6.07 Å². The van der Waals surface area contributed by atoms with Crippen LogP contribution in [-0.4, -0.2) is 16.8 Å². The molecule has 0 saturated heterocycles. The molecule has 0 aliphatic heterocycles. The van der Waals surface area contributed by atoms with Gasteiger partial charge in [-0.3, -0.25) is 0 Å². The number of rotatable bonds is 3. The van der Waals surface area contributed by atoms with Crippen LogP contribution >= 0.6 is 0 Å². The summed E-state index contributed by atoms with van der Waals surface area (Å²) in [6, 6.07) is 4.86. The summed E-state index contributed by atoms with van der Waals surface area (Å²) in [6.45, 7) is 5.71. The quantitative estimate of drug-likeness (QED) is 0.777. The lowest BCUT2D eigenvalue weighted by atomic mass is 9.98. The van der Waals surface area contributed by atoms with Gasteiger partial charge in [0.25, 0.3) is 0 Å². The van der Waals surface area contributed by atoms with Gasteiger partial charge < -0.3 is 14.9 Å². The molecule has 0 atom stereocenters. The van der Waals surface area contributed by atoms with Crippen molar-refractivity contribution in [3.8, 4) is 11.5 Å². The Bertz CT molecular complexity index is 313. The summed E-state index contributed by atoms with van der Waals surface area (Å²) < 4.78 is 5.21. The number of aliphatic hydroxyl groups is 1. The van der Waals surface area contributed by atoms with Gasteiger partial charge in [0.2, 0.25) is 0 Å². The topological polar surface area (TPSA) is 49.7 Å². The van der Waals surface area contributed by atoms with E-state index < -0.39 is 5.60 Å². The first-order valence-corrected chi connectivity index (χ1v) is 4.64. The highest BCUT2D eigenvalue weighted by Crippen LogP contribution is 2.31. The van der Waals surface area contributed by atoms with Crippen LogP contribution in [0.5, 0.6) is 11.5 Å². The maximum Gasteiger partial charge on any atom is 0.161 e. The second kappa shape index (κ2) is 3.88. The van der Waals surface area contributed by atoms with E-state index in [1.165, 1.54) is 6.07 Å². The van der Waals surface area contributed by atoms with Crippen molar-refractivity contribution in [2.45, 2.75) is 26.4 Å². The van der Waals surface area contributed by atoms with E-state index in [1.807, 2.05) is 6.92 Å². The van der Waals surface area contributed by atoms with E-state index in [-0.39, 0.29) is 5.75 Å². The summed E-state index contributed by atoms with van der Waals surface area (Å²) in [4.78, 5) is 0. The van der Waals surface area contributed by atoms with Crippen LogP contribution in [0, 0.1) is 0 Å². The third-order valence-electron chi connectivity index (χ3n) is 1.97. The predicted molar refractivity (Wildman–Crippen MR) is 54.5 cm³/mol. The normalized spacial score (nSPS) is 11.4. The number of benzene rings is 1. The molecular formula is C11H16O3. The summed E-state index contributed by atoms with van der Waals surface area (Å²) in [7, 11) is 0. The molecule has 78 valence electrons. The Hall–Kier alpha value is -1.22. The minimum absolute atomic E-state index is 0.0971. The Morgan fingerprint density at radius 1 is 1.36 bits per heavy atom. The number of phenolic OH excluding ortho intramolecular Hbond substituents is 1. The van der Waals surface area contributed by atoms with Gasteiger partial charge in [0.1, 0.15) is 0 Å². The highest BCUT2D eigenvalue weighted by atomic mass is 16.5. The Morgan fingerprint density at radius 2 is 2.00 bits per heavy atom. The first-order chi connectivity index (χ1) is 6.45. The molecule has 1 aromatic rings. The summed E-state index contributed by atoms with van der Waals surface area (Å²) in [5.41, 5.74) is -0.196. The molecule has 0 aromatic heterocycles. The molecule has 0 radical (unpaired) electrons. The number of phenols is 1. The first-order valence-electron chi connectivity index (χ1n) is 4.64. The molecule has 0 heterocycles. The third-order valence-corrected chi connectivity index (χ3v) is 1.97. The molecule has 0 amide bonds. The van der Waals surface area contributed by atoms with Crippen molar-refractivity contribution in [2.75, 3.05) is 6.61 Å². The van der Waals surface area contributed by atoms with Crippen LogP contribution in [0.15, 0.2) is 18.2 Å². The van der Waals surface area contributed by atoms with Gasteiger partial charge in [-0.2, -0.15) is 0 Å². The number of aromatic hydroxyl groups is 1. The lowest BCUT2D eigenvalue weighted by Crippen LogP contribution is -2.15. The highest BCUT2D eigenvalue weighted by Gasteiger charge is 2.17. The smallest absolute Gasteiger partial charge is 0.161 e. The Morgan fingerprint density at radius 3 is 2.50 bits per heavy atom. The number of ether oxygens (including phenoxy) is 1. The van der Waals surface area contributed by atoms with Gasteiger partial charge in [-0.05, 0) is 38.5 Å². The second-order valence-corrected chi connectivity index (χ2v) is 3.67. The molecule has 1 rings (SSSR count). The zero-order valence-corrected chi connectivity index (χ0v) is 8.74. The van der Waals surface area contributed by atoms with Crippen LogP contribution in [0.2, 0.25) is 0 Å². The minimum atomic E-state index is -0.917. The van der Waals surface area contributed by atoms with Crippen molar-refractivity contribution in [1.29, 1.82) is 0 Å². The van der Waals surface area contributed by atoms with E-state index in [0.717, 1.165) is 5.56 Å². The van der Waals surface area contributed by atoms with Gasteiger partial charge in [0.15, 0.2) is 11.5 Å². The van der Waals surface area contributed by atoms with E-state index in [1.54, 1.807) is 26.0 Å². The summed E-state index contributed by atoms with van der Waals surface area (Å²) in [5, 5.41) is 19.2. The predicted octanol–water partition coefficient (Wildman–Crippen LogP) is 2.02. The van der Waals surface area contributed by atoms with Gasteiger partial charge in [-0.15, -0.1) is 0 Å². The van der Waals surface area contributed by atoms with Gasteiger partial charge in [0.05, 0.1) is 12.2 Å². The maximum absolute atomic E-state index is 9.74. The lowest BCUT2D eigenvalue weighted by molar-refractivity contribution is 0.0782. The number of hydrogen-bond acceptors (Lipinski definition) is 3. The Labute approximate surface area is 84.0 Å². The average Bonchev–Trinajstić information content (AvgIpc) is 2.07. The largest absolute Gasteiger partial charge is 0.504 e. The zero-order valence-electron chi connectivity index (χ0n) is 8.74. The van der Waals surface area contributed by atoms with Crippen molar-refractivity contribution in [3.05, 3.63) is 23.8 Å². The first kappa shape index (κ1) is 10.9. The molecule has 0 aliphatic carbocycles. The summed E-state index contributed by atoms with van der Waals surface area (Å²) in [6.07, 6.45) is 0. The van der Waals surface area contributed by atoms with Crippen molar-refractivity contribution in [2.24, 2.45) is 0 Å². The van der Waals surface area contributed by atoms with Gasteiger partial charge in [0, 0.05) is 0 Å². The fourth-order valence-corrected chi connectivity index (χ4v) is 1.17. The molecule has 0 aliphatic rings. The molecule has 3 nitrogen and oxygen atoms in total. The molecule has 2 N–H and O–H groups in total. The second-order valence-electron chi connectivity index (χ2n) is 3.67. The average molecular weight is 196 g/mol. The van der Waals surface area contributed by atoms with E-state index >= 15 is 0 Å². The number of hydrogen-bond donors (Lipinski definition) is 2. The maximum atomic E-state index is 9.74. The highest BCUT2D eigenvalue weighted by molar-refractivity contribution is 5.43. The van der Waals surface area contributed by atoms with E-state index in [4.69, 9.17) is 4.74 Å². The molecule has 0 unspecified atom stereocenters. The summed E-state index contributed by atoms with van der Waals surface area (Å²) >= 11 is 0. The van der Waals surface area contributed by atoms with Crippen LogP contribution in [0.25, 0.3) is 0 Å². The third kappa shape index (κ3) is 2.39. The lowest BCUT2D eigenvalue weighted by Gasteiger charge is -2.19. The van der Waals surface area contributed by atoms with Crippen LogP contribution in [0.4, 0.5) is 0 Å². The van der Waals surface area contributed by atoms with Crippen molar-refractivity contribution >= 4 is 0 Å². The van der Waals surface area contributed by atoms with E-state index in [2.05, 4.69) is 0 Å². The standard InChI is InChI=1S/C11H16O3/c1-4-14-10-7-8(11(2,3)13)5-6-9(10)12/h5-7,12-13H,4H2,1-3H3. The van der Waals surface area contributed by atoms with E-state index in [9.17, 15) is 10.2 Å². The molecular weight excluding hydrogens is 180 g/mol. The Kier molecular flexibility index (Phi) is 3.01. The molecule has 0 fully saturated rings. The van der Waals surface area contributed by atoms with Crippen molar-refractivity contribution in [3.63, 3.8) is 0 Å². The molecule has 1 aromatic carbocycles. The zero-order chi connectivity index (χ0) is 10.8. The van der Waals surface area contributed by atoms with Crippen molar-refractivity contribution < 1.29 is 14.9 Å². The van der Waals surface area contributed by atoms with Crippen LogP contribution in [-0.2, 0) is 5.60 Å². The van der Waals surface area contributed by atoms with Crippen LogP contribution in [0.1, 0.15) is 26.3 Å². The molecule has 3 heteroatoms. The molecule has 0 spiro atoms. The van der Waals surface area contributed by atoms with Crippen LogP contribution < -0.4 is 4.74 Å². The fourth-order valence-electron chi connectivity index (χ4n) is 1.17. The molecule has 0 saturated carbocycles. The van der Waals surface area contributed by atoms with Gasteiger partial charge >= 0.3 is 0 Å². The Balaban J connectivity index is 3.06. The SMILES string of the molecule is CCOc1cc(C(C)(C)O)ccc1O. The summed E-state index contributed by atoms with van der Waals surface area (Å²) in [5.74, 6) is 0.506. The monoisotopic (exact) mass is 196 g/mol. The van der Waals surface area contributed by atoms with E-state index in [0.29, 0.717) is 12.4 Å². The molecule has 14 heavy (non-hydrogen) atoms. The molecule has 0 bridgehead atoms. The van der Waals surface area contributed by atoms with Crippen LogP contribution in [0.3, 0.4) is 0 Å². The minimum Gasteiger partial charge on any atom is -0.504 e.